The number of carbonyl (C=O) groups excluding carboxylic acids is 2. The van der Waals surface area contributed by atoms with Crippen LogP contribution in [0.15, 0.2) is 30.5 Å². The Hall–Kier alpha value is -3.12. The van der Waals surface area contributed by atoms with E-state index < -0.39 is 54.2 Å². The summed E-state index contributed by atoms with van der Waals surface area (Å²) < 4.78 is 62.4. The van der Waals surface area contributed by atoms with E-state index in [0.29, 0.717) is 22.4 Å². The largest absolute Gasteiger partial charge is 0.433 e. The van der Waals surface area contributed by atoms with Gasteiger partial charge in [0.25, 0.3) is 5.91 Å². The van der Waals surface area contributed by atoms with Crippen molar-refractivity contribution in [2.75, 3.05) is 13.2 Å². The van der Waals surface area contributed by atoms with Crippen molar-refractivity contribution in [3.05, 3.63) is 63.8 Å². The van der Waals surface area contributed by atoms with Crippen LogP contribution in [-0.2, 0) is 27.0 Å². The fourth-order valence-corrected chi connectivity index (χ4v) is 4.98. The van der Waals surface area contributed by atoms with Crippen molar-refractivity contribution in [2.45, 2.75) is 69.9 Å². The molecule has 3 N–H and O–H groups in total. The summed E-state index contributed by atoms with van der Waals surface area (Å²) in [5, 5.41) is 6.93. The summed E-state index contributed by atoms with van der Waals surface area (Å²) in [4.78, 5) is 26.7. The van der Waals surface area contributed by atoms with Crippen molar-refractivity contribution in [3.63, 3.8) is 0 Å². The maximum absolute atomic E-state index is 14.5. The van der Waals surface area contributed by atoms with Crippen molar-refractivity contribution >= 4 is 23.4 Å². The van der Waals surface area contributed by atoms with Gasteiger partial charge >= 0.3 is 6.18 Å². The summed E-state index contributed by atoms with van der Waals surface area (Å²) in [6.07, 6.45) is -3.54. The Morgan fingerprint density at radius 3 is 2.59 bits per heavy atom. The highest BCUT2D eigenvalue weighted by molar-refractivity contribution is 6.32. The number of halogens is 5. The number of carbonyl (C=O) groups is 2. The Morgan fingerprint density at radius 1 is 1.28 bits per heavy atom. The molecular formula is C26H30ClF4N5O3. The summed E-state index contributed by atoms with van der Waals surface area (Å²) in [7, 11) is 0. The van der Waals surface area contributed by atoms with Crippen LogP contribution in [0, 0.1) is 12.7 Å². The summed E-state index contributed by atoms with van der Waals surface area (Å²) in [5.74, 6) is -1.80. The minimum Gasteiger partial charge on any atom is -0.395 e. The van der Waals surface area contributed by atoms with E-state index in [0.717, 1.165) is 18.9 Å². The minimum absolute atomic E-state index is 0.0241. The molecule has 13 heteroatoms. The minimum atomic E-state index is -4.69. The molecule has 2 aromatic rings. The third-order valence-corrected chi connectivity index (χ3v) is 7.34. The first-order valence-electron chi connectivity index (χ1n) is 12.5. The van der Waals surface area contributed by atoms with Gasteiger partial charge in [0, 0.05) is 23.5 Å². The molecule has 0 bridgehead atoms. The zero-order valence-electron chi connectivity index (χ0n) is 21.5. The third kappa shape index (κ3) is 6.55. The van der Waals surface area contributed by atoms with Gasteiger partial charge in [-0.15, -0.1) is 0 Å². The summed E-state index contributed by atoms with van der Waals surface area (Å²) in [6.45, 7) is 6.18. The highest BCUT2D eigenvalue weighted by Crippen LogP contribution is 2.42. The molecule has 1 saturated heterocycles. The predicted molar refractivity (Wildman–Crippen MR) is 135 cm³/mol. The topological polar surface area (TPSA) is 102 Å². The molecule has 39 heavy (non-hydrogen) atoms. The zero-order chi connectivity index (χ0) is 28.6. The molecule has 1 aliphatic carbocycles. The molecule has 2 heterocycles. The molecule has 0 radical (unpaired) electrons. The Balaban J connectivity index is 1.60. The van der Waals surface area contributed by atoms with Gasteiger partial charge in [0.15, 0.2) is 0 Å². The molecule has 1 aromatic heterocycles. The van der Waals surface area contributed by atoms with Crippen LogP contribution < -0.4 is 11.1 Å². The van der Waals surface area contributed by atoms with Gasteiger partial charge in [-0.3, -0.25) is 14.3 Å². The van der Waals surface area contributed by atoms with E-state index in [4.69, 9.17) is 22.1 Å². The van der Waals surface area contributed by atoms with Crippen LogP contribution in [0.1, 0.15) is 60.7 Å². The second-order valence-electron chi connectivity index (χ2n) is 10.1. The second kappa shape index (κ2) is 11.2. The number of ether oxygens (including phenoxy) is 1. The number of nitrogens with one attached hydrogen (secondary N) is 1. The van der Waals surface area contributed by atoms with Crippen LogP contribution in [0.25, 0.3) is 0 Å². The highest BCUT2D eigenvalue weighted by Gasteiger charge is 2.43. The molecule has 2 aliphatic rings. The monoisotopic (exact) mass is 571 g/mol. The van der Waals surface area contributed by atoms with Gasteiger partial charge in [0.2, 0.25) is 5.91 Å². The van der Waals surface area contributed by atoms with Crippen LogP contribution in [0.5, 0.6) is 0 Å². The van der Waals surface area contributed by atoms with Crippen LogP contribution in [-0.4, -0.2) is 51.8 Å². The number of nitrogens with two attached hydrogens (primary N) is 1. The van der Waals surface area contributed by atoms with E-state index in [-0.39, 0.29) is 35.4 Å². The average Bonchev–Trinajstić information content (AvgIpc) is 3.46. The van der Waals surface area contributed by atoms with E-state index in [1.165, 1.54) is 17.0 Å². The zero-order valence-corrected chi connectivity index (χ0v) is 22.3. The van der Waals surface area contributed by atoms with Gasteiger partial charge < -0.3 is 20.7 Å². The predicted octanol–water partition coefficient (Wildman–Crippen LogP) is 4.22. The first-order valence-corrected chi connectivity index (χ1v) is 12.9. The van der Waals surface area contributed by atoms with E-state index in [1.807, 2.05) is 0 Å². The lowest BCUT2D eigenvalue weighted by atomic mass is 9.99. The van der Waals surface area contributed by atoms with Crippen molar-refractivity contribution < 1.29 is 31.9 Å². The van der Waals surface area contributed by atoms with Crippen molar-refractivity contribution in [3.8, 4) is 0 Å². The Labute approximate surface area is 228 Å². The van der Waals surface area contributed by atoms with Gasteiger partial charge in [-0.25, -0.2) is 4.39 Å². The van der Waals surface area contributed by atoms with Gasteiger partial charge in [-0.05, 0) is 62.4 Å². The molecule has 0 spiro atoms. The molecule has 2 amide bonds. The number of hydrogen-bond acceptors (Lipinski definition) is 5. The van der Waals surface area contributed by atoms with Crippen LogP contribution in [0.2, 0.25) is 5.02 Å². The molecule has 3 atom stereocenters. The fourth-order valence-electron chi connectivity index (χ4n) is 4.76. The molecule has 1 saturated carbocycles. The van der Waals surface area contributed by atoms with Crippen molar-refractivity contribution in [1.82, 2.24) is 20.0 Å². The summed E-state index contributed by atoms with van der Waals surface area (Å²) >= 11 is 6.53. The smallest absolute Gasteiger partial charge is 0.395 e. The number of aromatic nitrogens is 2. The van der Waals surface area contributed by atoms with Crippen molar-refractivity contribution in [2.24, 2.45) is 5.73 Å². The molecule has 4 rings (SSSR count). The Morgan fingerprint density at radius 2 is 1.97 bits per heavy atom. The van der Waals surface area contributed by atoms with E-state index in [1.54, 1.807) is 13.8 Å². The van der Waals surface area contributed by atoms with Gasteiger partial charge in [-0.1, -0.05) is 18.2 Å². The number of amides is 2. The van der Waals surface area contributed by atoms with Gasteiger partial charge in [0.05, 0.1) is 30.1 Å². The number of rotatable bonds is 9. The molecular weight excluding hydrogens is 542 g/mol. The highest BCUT2D eigenvalue weighted by atomic mass is 35.5. The average molecular weight is 572 g/mol. The number of nitrogens with zero attached hydrogens (tertiary/aromatic N) is 3. The third-order valence-electron chi connectivity index (χ3n) is 6.83. The first-order chi connectivity index (χ1) is 18.3. The summed E-state index contributed by atoms with van der Waals surface area (Å²) in [5.41, 5.74) is 5.28. The lowest BCUT2D eigenvalue weighted by Crippen LogP contribution is -2.40. The lowest BCUT2D eigenvalue weighted by Gasteiger charge is -2.30. The second-order valence-corrected chi connectivity index (χ2v) is 10.5. The first kappa shape index (κ1) is 28.9. The number of aryl methyl sites for hydroxylation is 1. The fraction of sp³-hybridized carbons (Fsp3) is 0.500. The molecule has 1 aliphatic heterocycles. The van der Waals surface area contributed by atoms with Gasteiger partial charge in [-0.2, -0.15) is 18.3 Å². The van der Waals surface area contributed by atoms with Gasteiger partial charge in [0.1, 0.15) is 18.1 Å². The summed E-state index contributed by atoms with van der Waals surface area (Å²) in [6, 6.07) is 2.09. The van der Waals surface area contributed by atoms with E-state index >= 15 is 0 Å². The number of likely N-dealkylation sites (tertiary alicyclic amines) is 1. The number of hydrogen-bond donors (Lipinski definition) is 2. The normalized spacial score (nSPS) is 20.2. The number of benzene rings is 1. The quantitative estimate of drug-likeness (QED) is 0.347. The molecule has 2 fully saturated rings. The maximum atomic E-state index is 14.5. The Kier molecular flexibility index (Phi) is 8.27. The van der Waals surface area contributed by atoms with Crippen LogP contribution in [0.4, 0.5) is 17.6 Å². The standard InChI is InChI=1S/C26H30ClF4N5O3/c1-13-8-17(28)9-18(23(13)27)24-20(39-12-14(2)33-25(38)15(3)32)6-7-35(24)22(37)11-36-21(26(29,30)31)10-19(34-36)16-4-5-16/h8-10,14,16,20,24H,3-7,11-12,32H2,1-2H3,(H,33,38)/t14-,20-,24-/m1/s1. The lowest BCUT2D eigenvalue weighted by molar-refractivity contribution is -0.146. The SMILES string of the molecule is C=C(N)C(=O)N[C@H](C)CO[C@@H]1CCN(C(=O)Cn2nc(C3CC3)cc2C(F)(F)F)[C@@H]1c1cc(F)cc(C)c1Cl. The Bertz CT molecular complexity index is 1280. The molecule has 212 valence electrons. The number of alkyl halides is 3. The van der Waals surface area contributed by atoms with E-state index in [2.05, 4.69) is 17.0 Å². The van der Waals surface area contributed by atoms with Crippen LogP contribution >= 0.6 is 11.6 Å². The van der Waals surface area contributed by atoms with Crippen molar-refractivity contribution in [1.29, 1.82) is 0 Å². The van der Waals surface area contributed by atoms with Crippen LogP contribution in [0.3, 0.4) is 0 Å². The molecule has 0 unspecified atom stereocenters. The maximum Gasteiger partial charge on any atom is 0.433 e. The molecule has 1 aromatic carbocycles. The van der Waals surface area contributed by atoms with E-state index in [9.17, 15) is 27.2 Å². The molecule has 8 nitrogen and oxygen atoms in total.